The first kappa shape index (κ1) is 19.8. The topological polar surface area (TPSA) is 55.1 Å². The highest BCUT2D eigenvalue weighted by atomic mass is 35.5. The average molecular weight is 379 g/mol. The van der Waals surface area contributed by atoms with Gasteiger partial charge < -0.3 is 11.1 Å². The highest BCUT2D eigenvalue weighted by Gasteiger charge is 2.21. The van der Waals surface area contributed by atoms with E-state index in [9.17, 15) is 4.79 Å². The second-order valence-electron chi connectivity index (χ2n) is 6.61. The van der Waals surface area contributed by atoms with Gasteiger partial charge in [-0.1, -0.05) is 18.6 Å². The monoisotopic (exact) mass is 378 g/mol. The van der Waals surface area contributed by atoms with Gasteiger partial charge in [0.2, 0.25) is 5.91 Å². The van der Waals surface area contributed by atoms with E-state index >= 15 is 0 Å². The molecule has 3 nitrogen and oxygen atoms in total. The number of nitrogen functional groups attached to an aromatic ring is 1. The minimum atomic E-state index is 0. The van der Waals surface area contributed by atoms with E-state index in [4.69, 9.17) is 5.73 Å². The predicted octanol–water partition coefficient (Wildman–Crippen LogP) is 5.05. The van der Waals surface area contributed by atoms with Gasteiger partial charge in [-0.15, -0.1) is 23.7 Å². The van der Waals surface area contributed by atoms with Gasteiger partial charge in [0.15, 0.2) is 0 Å². The summed E-state index contributed by atoms with van der Waals surface area (Å²) in [7, 11) is 0. The number of amides is 1. The first-order chi connectivity index (χ1) is 11.7. The van der Waals surface area contributed by atoms with Crippen LogP contribution in [-0.2, 0) is 17.6 Å². The van der Waals surface area contributed by atoms with E-state index in [0.29, 0.717) is 6.42 Å². The number of benzene rings is 1. The summed E-state index contributed by atoms with van der Waals surface area (Å²) in [6.07, 6.45) is 8.22. The van der Waals surface area contributed by atoms with Crippen LogP contribution in [0.3, 0.4) is 0 Å². The summed E-state index contributed by atoms with van der Waals surface area (Å²) >= 11 is 1.82. The first-order valence-electron chi connectivity index (χ1n) is 8.92. The molecule has 1 unspecified atom stereocenters. The maximum absolute atomic E-state index is 12.2. The summed E-state index contributed by atoms with van der Waals surface area (Å²) in [6.45, 7) is 0. The number of hydrogen-bond acceptors (Lipinski definition) is 3. The summed E-state index contributed by atoms with van der Waals surface area (Å²) in [4.78, 5) is 13.7. The number of fused-ring (bicyclic) bond motifs is 1. The summed E-state index contributed by atoms with van der Waals surface area (Å²) in [5, 5.41) is 5.34. The van der Waals surface area contributed by atoms with E-state index in [1.165, 1.54) is 22.4 Å². The Morgan fingerprint density at radius 2 is 2.12 bits per heavy atom. The van der Waals surface area contributed by atoms with Crippen molar-refractivity contribution >= 4 is 35.3 Å². The second-order valence-corrected chi connectivity index (χ2v) is 7.64. The number of rotatable bonds is 7. The largest absolute Gasteiger partial charge is 0.399 e. The fraction of sp³-hybridized carbons (Fsp3) is 0.450. The Labute approximate surface area is 160 Å². The van der Waals surface area contributed by atoms with Gasteiger partial charge in [-0.05, 0) is 73.2 Å². The fourth-order valence-corrected chi connectivity index (χ4v) is 4.22. The van der Waals surface area contributed by atoms with E-state index in [-0.39, 0.29) is 24.4 Å². The molecule has 3 rings (SSSR count). The van der Waals surface area contributed by atoms with Crippen molar-refractivity contribution in [2.45, 2.75) is 57.4 Å². The van der Waals surface area contributed by atoms with Gasteiger partial charge in [0.05, 0.1) is 6.04 Å². The van der Waals surface area contributed by atoms with Crippen LogP contribution in [0.4, 0.5) is 5.69 Å². The molecule has 1 atom stereocenters. The van der Waals surface area contributed by atoms with Crippen molar-refractivity contribution in [3.63, 3.8) is 0 Å². The molecular formula is C20H27ClN2OS. The summed E-state index contributed by atoms with van der Waals surface area (Å²) in [6, 6.07) is 10.5. The van der Waals surface area contributed by atoms with Crippen LogP contribution in [0.5, 0.6) is 0 Å². The van der Waals surface area contributed by atoms with Crippen molar-refractivity contribution in [1.29, 1.82) is 0 Å². The average Bonchev–Trinajstić information content (AvgIpc) is 3.08. The third-order valence-corrected chi connectivity index (χ3v) is 5.66. The normalized spacial score (nSPS) is 15.9. The minimum Gasteiger partial charge on any atom is -0.399 e. The molecule has 1 aromatic carbocycles. The zero-order valence-corrected chi connectivity index (χ0v) is 16.1. The number of halogens is 1. The number of nitrogens with two attached hydrogens (primary N) is 1. The van der Waals surface area contributed by atoms with Gasteiger partial charge >= 0.3 is 0 Å². The van der Waals surface area contributed by atoms with Crippen molar-refractivity contribution < 1.29 is 4.79 Å². The van der Waals surface area contributed by atoms with Crippen LogP contribution in [0.2, 0.25) is 0 Å². The van der Waals surface area contributed by atoms with Gasteiger partial charge in [-0.3, -0.25) is 4.79 Å². The number of carbonyl (C=O) groups is 1. The standard InChI is InChI=1S/C20H26N2OS.ClH/c21-16-11-12-18-15(14-16)6-4-9-19(18)22-20(23)10-3-1-2-7-17-8-5-13-24-17;/h5,8,11-14,19H,1-4,6-7,9-10,21H2,(H,22,23);1H. The molecule has 3 N–H and O–H groups in total. The van der Waals surface area contributed by atoms with Gasteiger partial charge in [0.1, 0.15) is 0 Å². The molecule has 136 valence electrons. The number of aryl methyl sites for hydroxylation is 2. The number of anilines is 1. The molecule has 0 spiro atoms. The zero-order chi connectivity index (χ0) is 16.8. The molecule has 1 amide bonds. The molecule has 0 aliphatic heterocycles. The molecule has 1 heterocycles. The van der Waals surface area contributed by atoms with Crippen LogP contribution >= 0.6 is 23.7 Å². The van der Waals surface area contributed by atoms with Crippen LogP contribution in [0.25, 0.3) is 0 Å². The number of unbranched alkanes of at least 4 members (excludes halogenated alkanes) is 2. The third kappa shape index (κ3) is 5.75. The highest BCUT2D eigenvalue weighted by Crippen LogP contribution is 2.31. The Morgan fingerprint density at radius 3 is 2.92 bits per heavy atom. The lowest BCUT2D eigenvalue weighted by Gasteiger charge is -2.26. The van der Waals surface area contributed by atoms with Crippen molar-refractivity contribution in [1.82, 2.24) is 5.32 Å². The van der Waals surface area contributed by atoms with Crippen molar-refractivity contribution in [3.8, 4) is 0 Å². The Morgan fingerprint density at radius 1 is 1.24 bits per heavy atom. The molecule has 2 aromatic rings. The van der Waals surface area contributed by atoms with Crippen molar-refractivity contribution in [2.24, 2.45) is 0 Å². The first-order valence-corrected chi connectivity index (χ1v) is 9.80. The molecule has 0 radical (unpaired) electrons. The minimum absolute atomic E-state index is 0. The Bertz CT molecular complexity index is 672. The second kappa shape index (κ2) is 9.83. The molecule has 25 heavy (non-hydrogen) atoms. The van der Waals surface area contributed by atoms with Crippen molar-refractivity contribution in [2.75, 3.05) is 5.73 Å². The van der Waals surface area contributed by atoms with Gasteiger partial charge in [0.25, 0.3) is 0 Å². The van der Waals surface area contributed by atoms with Crippen LogP contribution in [0, 0.1) is 0 Å². The maximum Gasteiger partial charge on any atom is 0.220 e. The molecule has 0 saturated heterocycles. The summed E-state index contributed by atoms with van der Waals surface area (Å²) < 4.78 is 0. The lowest BCUT2D eigenvalue weighted by molar-refractivity contribution is -0.122. The summed E-state index contributed by atoms with van der Waals surface area (Å²) in [5.41, 5.74) is 9.23. The number of thiophene rings is 1. The van der Waals surface area contributed by atoms with Crippen LogP contribution in [0.1, 0.15) is 60.6 Å². The number of carbonyl (C=O) groups excluding carboxylic acids is 1. The van der Waals surface area contributed by atoms with E-state index in [1.807, 2.05) is 17.4 Å². The molecule has 0 fully saturated rings. The molecule has 1 aliphatic rings. The SMILES string of the molecule is Cl.Nc1ccc2c(c1)CCCC2NC(=O)CCCCCc1cccs1. The third-order valence-electron chi connectivity index (χ3n) is 4.72. The highest BCUT2D eigenvalue weighted by molar-refractivity contribution is 7.09. The van der Waals surface area contributed by atoms with Crippen LogP contribution < -0.4 is 11.1 Å². The molecule has 0 bridgehead atoms. The van der Waals surface area contributed by atoms with Gasteiger partial charge in [-0.2, -0.15) is 0 Å². The fourth-order valence-electron chi connectivity index (χ4n) is 3.47. The van der Waals surface area contributed by atoms with E-state index in [0.717, 1.165) is 44.2 Å². The van der Waals surface area contributed by atoms with Gasteiger partial charge in [-0.25, -0.2) is 0 Å². The van der Waals surface area contributed by atoms with Crippen molar-refractivity contribution in [3.05, 3.63) is 51.7 Å². The number of nitrogens with one attached hydrogen (secondary N) is 1. The predicted molar refractivity (Wildman–Crippen MR) is 108 cm³/mol. The lowest BCUT2D eigenvalue weighted by Crippen LogP contribution is -2.30. The molecule has 5 heteroatoms. The quantitative estimate of drug-likeness (QED) is 0.523. The zero-order valence-electron chi connectivity index (χ0n) is 14.5. The van der Waals surface area contributed by atoms with E-state index in [1.54, 1.807) is 0 Å². The maximum atomic E-state index is 12.2. The molecule has 1 aliphatic carbocycles. The Hall–Kier alpha value is -1.52. The smallest absolute Gasteiger partial charge is 0.220 e. The van der Waals surface area contributed by atoms with E-state index in [2.05, 4.69) is 35.0 Å². The summed E-state index contributed by atoms with van der Waals surface area (Å²) in [5.74, 6) is 0.181. The Kier molecular flexibility index (Phi) is 7.79. The molecular weight excluding hydrogens is 352 g/mol. The number of hydrogen-bond donors (Lipinski definition) is 2. The van der Waals surface area contributed by atoms with E-state index < -0.39 is 0 Å². The lowest BCUT2D eigenvalue weighted by atomic mass is 9.87. The molecule has 0 saturated carbocycles. The van der Waals surface area contributed by atoms with Gasteiger partial charge in [0, 0.05) is 17.0 Å². The molecule has 1 aromatic heterocycles. The Balaban J connectivity index is 0.00000225. The van der Waals surface area contributed by atoms with Crippen LogP contribution in [-0.4, -0.2) is 5.91 Å². The van der Waals surface area contributed by atoms with Crippen LogP contribution in [0.15, 0.2) is 35.7 Å².